The third kappa shape index (κ3) is 1.26. The summed E-state index contributed by atoms with van der Waals surface area (Å²) in [4.78, 5) is 8.54. The molecule has 0 spiro atoms. The number of halogens is 1. The van der Waals surface area contributed by atoms with E-state index in [0.29, 0.717) is 5.15 Å². The highest BCUT2D eigenvalue weighted by molar-refractivity contribution is 6.35. The van der Waals surface area contributed by atoms with E-state index in [-0.39, 0.29) is 0 Å². The first-order valence-corrected chi connectivity index (χ1v) is 5.03. The van der Waals surface area contributed by atoms with E-state index in [4.69, 9.17) is 11.6 Å². The van der Waals surface area contributed by atoms with E-state index in [1.807, 2.05) is 36.4 Å². The first-order chi connectivity index (χ1) is 7.36. The van der Waals surface area contributed by atoms with Gasteiger partial charge in [-0.05, 0) is 12.1 Å². The van der Waals surface area contributed by atoms with Gasteiger partial charge >= 0.3 is 0 Å². The predicted molar refractivity (Wildman–Crippen MR) is 62.1 cm³/mol. The molecule has 0 aliphatic rings. The Morgan fingerprint density at radius 1 is 0.933 bits per heavy atom. The molecule has 15 heavy (non-hydrogen) atoms. The third-order valence-electron chi connectivity index (χ3n) is 2.42. The number of hydrogen-bond donors (Lipinski definition) is 0. The SMILES string of the molecule is Clc1nc2ccccc2c2cccnc12. The lowest BCUT2D eigenvalue weighted by molar-refractivity contribution is 1.36. The average molecular weight is 215 g/mol. The van der Waals surface area contributed by atoms with Crippen LogP contribution in [0.5, 0.6) is 0 Å². The molecule has 0 saturated carbocycles. The van der Waals surface area contributed by atoms with Gasteiger partial charge in [-0.25, -0.2) is 4.98 Å². The van der Waals surface area contributed by atoms with Crippen LogP contribution >= 0.6 is 11.6 Å². The summed E-state index contributed by atoms with van der Waals surface area (Å²) in [6.07, 6.45) is 1.73. The van der Waals surface area contributed by atoms with Crippen molar-refractivity contribution in [1.82, 2.24) is 9.97 Å². The van der Waals surface area contributed by atoms with E-state index in [1.54, 1.807) is 6.20 Å². The lowest BCUT2D eigenvalue weighted by Gasteiger charge is -2.03. The number of aromatic nitrogens is 2. The minimum Gasteiger partial charge on any atom is -0.253 e. The highest BCUT2D eigenvalue weighted by Gasteiger charge is 2.05. The van der Waals surface area contributed by atoms with E-state index in [2.05, 4.69) is 9.97 Å². The van der Waals surface area contributed by atoms with E-state index < -0.39 is 0 Å². The summed E-state index contributed by atoms with van der Waals surface area (Å²) in [5.74, 6) is 0. The van der Waals surface area contributed by atoms with Crippen molar-refractivity contribution in [3.8, 4) is 0 Å². The molecule has 0 aliphatic heterocycles. The van der Waals surface area contributed by atoms with Crippen LogP contribution < -0.4 is 0 Å². The molecule has 2 nitrogen and oxygen atoms in total. The van der Waals surface area contributed by atoms with Crippen molar-refractivity contribution in [2.45, 2.75) is 0 Å². The van der Waals surface area contributed by atoms with Gasteiger partial charge in [-0.2, -0.15) is 0 Å². The molecule has 0 atom stereocenters. The van der Waals surface area contributed by atoms with Crippen LogP contribution in [-0.2, 0) is 0 Å². The molecule has 0 unspecified atom stereocenters. The van der Waals surface area contributed by atoms with Gasteiger partial charge in [0.1, 0.15) is 5.52 Å². The van der Waals surface area contributed by atoms with Gasteiger partial charge in [0.25, 0.3) is 0 Å². The molecule has 0 bridgehead atoms. The maximum Gasteiger partial charge on any atom is 0.155 e. The van der Waals surface area contributed by atoms with E-state index in [9.17, 15) is 0 Å². The normalized spacial score (nSPS) is 11.0. The summed E-state index contributed by atoms with van der Waals surface area (Å²) >= 11 is 6.06. The van der Waals surface area contributed by atoms with Crippen molar-refractivity contribution in [3.63, 3.8) is 0 Å². The lowest BCUT2D eigenvalue weighted by atomic mass is 10.1. The van der Waals surface area contributed by atoms with Gasteiger partial charge in [-0.3, -0.25) is 4.98 Å². The summed E-state index contributed by atoms with van der Waals surface area (Å²) in [6.45, 7) is 0. The number of benzene rings is 1. The standard InChI is InChI=1S/C12H7ClN2/c13-12-11-9(5-3-7-14-11)8-4-1-2-6-10(8)15-12/h1-7H. The molecule has 0 aliphatic carbocycles. The summed E-state index contributed by atoms with van der Waals surface area (Å²) in [7, 11) is 0. The Labute approximate surface area is 91.5 Å². The minimum absolute atomic E-state index is 0.462. The van der Waals surface area contributed by atoms with Crippen LogP contribution in [0.25, 0.3) is 21.8 Å². The van der Waals surface area contributed by atoms with Crippen LogP contribution in [0, 0.1) is 0 Å². The van der Waals surface area contributed by atoms with Crippen molar-refractivity contribution in [1.29, 1.82) is 0 Å². The maximum absolute atomic E-state index is 6.06. The van der Waals surface area contributed by atoms with Crippen LogP contribution in [0.1, 0.15) is 0 Å². The Kier molecular flexibility index (Phi) is 1.82. The van der Waals surface area contributed by atoms with Crippen LogP contribution in [0.4, 0.5) is 0 Å². The van der Waals surface area contributed by atoms with E-state index in [1.165, 1.54) is 0 Å². The Hall–Kier alpha value is -1.67. The van der Waals surface area contributed by atoms with Crippen molar-refractivity contribution >= 4 is 33.4 Å². The van der Waals surface area contributed by atoms with Crippen LogP contribution in [0.15, 0.2) is 42.6 Å². The number of fused-ring (bicyclic) bond motifs is 3. The number of nitrogens with zero attached hydrogens (tertiary/aromatic N) is 2. The number of para-hydroxylation sites is 1. The van der Waals surface area contributed by atoms with Crippen LogP contribution in [0.2, 0.25) is 5.15 Å². The van der Waals surface area contributed by atoms with Gasteiger partial charge in [-0.1, -0.05) is 35.9 Å². The molecule has 3 heteroatoms. The summed E-state index contributed by atoms with van der Waals surface area (Å²) in [5.41, 5.74) is 1.67. The second-order valence-electron chi connectivity index (χ2n) is 3.32. The quantitative estimate of drug-likeness (QED) is 0.423. The minimum atomic E-state index is 0.462. The molecule has 3 rings (SSSR count). The molecule has 2 heterocycles. The fraction of sp³-hybridized carbons (Fsp3) is 0. The van der Waals surface area contributed by atoms with Crippen molar-refractivity contribution in [2.24, 2.45) is 0 Å². The molecule has 0 N–H and O–H groups in total. The van der Waals surface area contributed by atoms with Gasteiger partial charge < -0.3 is 0 Å². The van der Waals surface area contributed by atoms with Crippen molar-refractivity contribution in [3.05, 3.63) is 47.7 Å². The molecule has 0 amide bonds. The zero-order chi connectivity index (χ0) is 10.3. The predicted octanol–water partition coefficient (Wildman–Crippen LogP) is 3.44. The van der Waals surface area contributed by atoms with Crippen LogP contribution in [-0.4, -0.2) is 9.97 Å². The molecule has 0 fully saturated rings. The van der Waals surface area contributed by atoms with Gasteiger partial charge in [-0.15, -0.1) is 0 Å². The van der Waals surface area contributed by atoms with Crippen molar-refractivity contribution in [2.75, 3.05) is 0 Å². The Bertz CT molecular complexity index is 649. The molecule has 72 valence electrons. The van der Waals surface area contributed by atoms with Crippen molar-refractivity contribution < 1.29 is 0 Å². The Morgan fingerprint density at radius 2 is 1.73 bits per heavy atom. The van der Waals surface area contributed by atoms with Gasteiger partial charge in [0.15, 0.2) is 5.15 Å². The van der Waals surface area contributed by atoms with Gasteiger partial charge in [0.2, 0.25) is 0 Å². The fourth-order valence-electron chi connectivity index (χ4n) is 1.74. The van der Waals surface area contributed by atoms with Gasteiger partial charge in [0, 0.05) is 17.0 Å². The third-order valence-corrected chi connectivity index (χ3v) is 2.68. The average Bonchev–Trinajstić information content (AvgIpc) is 2.30. The molecular formula is C12H7ClN2. The first-order valence-electron chi connectivity index (χ1n) is 4.65. The molecule has 0 saturated heterocycles. The molecule has 0 radical (unpaired) electrons. The number of rotatable bonds is 0. The monoisotopic (exact) mass is 214 g/mol. The second kappa shape index (κ2) is 3.17. The zero-order valence-electron chi connectivity index (χ0n) is 7.81. The summed E-state index contributed by atoms with van der Waals surface area (Å²) in [5, 5.41) is 2.60. The summed E-state index contributed by atoms with van der Waals surface area (Å²) < 4.78 is 0. The second-order valence-corrected chi connectivity index (χ2v) is 3.68. The molecular weight excluding hydrogens is 208 g/mol. The molecule has 3 aromatic rings. The smallest absolute Gasteiger partial charge is 0.155 e. The Balaban J connectivity index is 2.64. The van der Waals surface area contributed by atoms with Crippen LogP contribution in [0.3, 0.4) is 0 Å². The molecule has 1 aromatic carbocycles. The highest BCUT2D eigenvalue weighted by atomic mass is 35.5. The Morgan fingerprint density at radius 3 is 2.67 bits per heavy atom. The largest absolute Gasteiger partial charge is 0.253 e. The topological polar surface area (TPSA) is 25.8 Å². The first kappa shape index (κ1) is 8.62. The fourth-order valence-corrected chi connectivity index (χ4v) is 1.99. The maximum atomic E-state index is 6.06. The van der Waals surface area contributed by atoms with E-state index >= 15 is 0 Å². The zero-order valence-corrected chi connectivity index (χ0v) is 8.57. The van der Waals surface area contributed by atoms with Gasteiger partial charge in [0.05, 0.1) is 5.52 Å². The lowest BCUT2D eigenvalue weighted by Crippen LogP contribution is -1.86. The van der Waals surface area contributed by atoms with E-state index in [0.717, 1.165) is 21.8 Å². The number of pyridine rings is 2. The number of hydrogen-bond acceptors (Lipinski definition) is 2. The summed E-state index contributed by atoms with van der Waals surface area (Å²) in [6, 6.07) is 11.8. The highest BCUT2D eigenvalue weighted by Crippen LogP contribution is 2.26. The molecule has 2 aromatic heterocycles.